The van der Waals surface area contributed by atoms with Gasteiger partial charge in [-0.05, 0) is 83.6 Å². The summed E-state index contributed by atoms with van der Waals surface area (Å²) in [5, 5.41) is 12.0. The molecule has 0 aliphatic rings. The second kappa shape index (κ2) is 13.0. The minimum absolute atomic E-state index is 0.847. The Morgan fingerprint density at radius 2 is 0.746 bits per heavy atom. The normalized spacial score (nSPS) is 12.1. The van der Waals surface area contributed by atoms with Crippen LogP contribution < -0.4 is 0 Å². The van der Waals surface area contributed by atoms with E-state index in [0.717, 1.165) is 61.2 Å². The lowest BCUT2D eigenvalue weighted by atomic mass is 9.99. The summed E-state index contributed by atoms with van der Waals surface area (Å²) in [4.78, 5) is 10.4. The van der Waals surface area contributed by atoms with E-state index in [1.165, 1.54) is 65.2 Å². The van der Waals surface area contributed by atoms with Gasteiger partial charge in [0, 0.05) is 65.7 Å². The first kappa shape index (κ1) is 34.2. The molecule has 0 saturated heterocycles. The Hall–Kier alpha value is -8.54. The molecule has 5 heteroatoms. The van der Waals surface area contributed by atoms with Crippen molar-refractivity contribution in [1.82, 2.24) is 23.7 Å². The molecule has 0 atom stereocenters. The highest BCUT2D eigenvalue weighted by atomic mass is 15.0. The average Bonchev–Trinajstić information content (AvgIpc) is 4.00. The van der Waals surface area contributed by atoms with Crippen molar-refractivity contribution in [2.45, 2.75) is 0 Å². The highest BCUT2D eigenvalue weighted by Crippen LogP contribution is 2.44. The zero-order valence-electron chi connectivity index (χ0n) is 33.9. The number of fused-ring (bicyclic) bond motifs is 16. The van der Waals surface area contributed by atoms with Gasteiger partial charge in [-0.1, -0.05) is 133 Å². The first-order valence-electron chi connectivity index (χ1n) is 21.5. The van der Waals surface area contributed by atoms with Crippen LogP contribution in [0, 0.1) is 0 Å². The number of rotatable bonds is 4. The third-order valence-electron chi connectivity index (χ3n) is 13.2. The van der Waals surface area contributed by atoms with Crippen molar-refractivity contribution in [3.63, 3.8) is 0 Å². The van der Waals surface area contributed by atoms with Gasteiger partial charge in [-0.15, -0.1) is 0 Å². The van der Waals surface area contributed by atoms with Gasteiger partial charge in [0.1, 0.15) is 0 Å². The van der Waals surface area contributed by atoms with E-state index in [0.29, 0.717) is 0 Å². The topological polar surface area (TPSA) is 40.6 Å². The first-order valence-corrected chi connectivity index (χ1v) is 21.5. The molecule has 5 nitrogen and oxygen atoms in total. The molecule has 0 aliphatic heterocycles. The molecule has 0 radical (unpaired) electrons. The number of nitrogens with zero attached hydrogens (tertiary/aromatic N) is 5. The zero-order chi connectivity index (χ0) is 41.2. The lowest BCUT2D eigenvalue weighted by Crippen LogP contribution is -1.96. The van der Waals surface area contributed by atoms with E-state index in [9.17, 15) is 0 Å². The van der Waals surface area contributed by atoms with Crippen molar-refractivity contribution in [3.8, 4) is 28.3 Å². The van der Waals surface area contributed by atoms with Crippen LogP contribution in [-0.2, 0) is 0 Å². The van der Waals surface area contributed by atoms with Crippen molar-refractivity contribution >= 4 is 98.0 Å². The van der Waals surface area contributed by atoms with Crippen LogP contribution in [0.2, 0.25) is 0 Å². The minimum atomic E-state index is 0.847. The van der Waals surface area contributed by atoms with Crippen LogP contribution in [0.25, 0.3) is 126 Å². The Bertz CT molecular complexity index is 4170. The summed E-state index contributed by atoms with van der Waals surface area (Å²) in [7, 11) is 0. The third-order valence-corrected chi connectivity index (χ3v) is 13.2. The van der Waals surface area contributed by atoms with E-state index in [1.807, 2.05) is 6.20 Å². The maximum absolute atomic E-state index is 5.35. The summed E-state index contributed by atoms with van der Waals surface area (Å²) in [6.07, 6.45) is 1.93. The fourth-order valence-electron chi connectivity index (χ4n) is 10.6. The summed E-state index contributed by atoms with van der Waals surface area (Å²) in [5.74, 6) is 0. The van der Waals surface area contributed by atoms with Crippen LogP contribution >= 0.6 is 0 Å². The summed E-state index contributed by atoms with van der Waals surface area (Å²) in [5.41, 5.74) is 14.2. The smallest absolute Gasteiger partial charge is 0.0979 e. The molecule has 0 saturated carbocycles. The lowest BCUT2D eigenvalue weighted by molar-refractivity contribution is 1.16. The average molecular weight is 802 g/mol. The molecule has 0 N–H and O–H groups in total. The monoisotopic (exact) mass is 801 g/mol. The SMILES string of the molecule is c1ccc(-n2c3ccccc3c3cc(-n4c5ccccc5c5c6c7ccccc7n(-c7cccc(-c8cnc9c%10ccccc%10c%10ccccc%10c9n8)c7)c6ccc54)ccc32)cc1. The number of hydrogen-bond acceptors (Lipinski definition) is 2. The second-order valence-corrected chi connectivity index (χ2v) is 16.5. The molecule has 4 aromatic heterocycles. The quantitative estimate of drug-likeness (QED) is 0.166. The Morgan fingerprint density at radius 3 is 1.40 bits per heavy atom. The predicted molar refractivity (Wildman–Crippen MR) is 263 cm³/mol. The van der Waals surface area contributed by atoms with Crippen LogP contribution in [0.4, 0.5) is 0 Å². The van der Waals surface area contributed by atoms with Gasteiger partial charge >= 0.3 is 0 Å². The molecular weight excluding hydrogens is 767 g/mol. The van der Waals surface area contributed by atoms with Crippen LogP contribution in [0.15, 0.2) is 212 Å². The Morgan fingerprint density at radius 1 is 0.286 bits per heavy atom. The van der Waals surface area contributed by atoms with E-state index in [4.69, 9.17) is 9.97 Å². The number of aromatic nitrogens is 5. The van der Waals surface area contributed by atoms with Crippen LogP contribution in [-0.4, -0.2) is 23.7 Å². The number of para-hydroxylation sites is 4. The molecule has 0 amide bonds. The largest absolute Gasteiger partial charge is 0.309 e. The highest BCUT2D eigenvalue weighted by molar-refractivity contribution is 6.29. The summed E-state index contributed by atoms with van der Waals surface area (Å²) in [6, 6.07) is 74.5. The van der Waals surface area contributed by atoms with Gasteiger partial charge in [-0.25, -0.2) is 4.98 Å². The van der Waals surface area contributed by atoms with Gasteiger partial charge in [-0.2, -0.15) is 0 Å². The summed E-state index contributed by atoms with van der Waals surface area (Å²) >= 11 is 0. The molecule has 0 aliphatic carbocycles. The fraction of sp³-hybridized carbons (Fsp3) is 0. The molecule has 0 unspecified atom stereocenters. The van der Waals surface area contributed by atoms with Crippen molar-refractivity contribution in [2.75, 3.05) is 0 Å². The van der Waals surface area contributed by atoms with Crippen LogP contribution in [0.3, 0.4) is 0 Å². The van der Waals surface area contributed by atoms with Gasteiger partial charge in [0.05, 0.1) is 56.0 Å². The molecule has 0 spiro atoms. The first-order chi connectivity index (χ1) is 31.3. The Kier molecular flexibility index (Phi) is 7.05. The molecule has 292 valence electrons. The highest BCUT2D eigenvalue weighted by Gasteiger charge is 2.22. The standard InChI is InChI=1S/C58H35N5/c1-2-16-37(17-3-1)61-49-26-11-8-21-42(49)47-34-39(29-30-52(47)61)63-51-28-13-10-25-46(51)56-54(63)32-31-53-55(56)45-24-9-12-27-50(45)62(53)38-18-14-15-36(33-38)48-35-59-57-43-22-6-4-19-40(43)41-20-5-7-23-44(41)58(57)60-48/h1-35H. The maximum Gasteiger partial charge on any atom is 0.0979 e. The third kappa shape index (κ3) is 4.82. The zero-order valence-corrected chi connectivity index (χ0v) is 33.9. The fourth-order valence-corrected chi connectivity index (χ4v) is 10.6. The molecule has 0 fully saturated rings. The molecule has 0 bridgehead atoms. The van der Waals surface area contributed by atoms with E-state index in [1.54, 1.807) is 0 Å². The molecule has 4 heterocycles. The van der Waals surface area contributed by atoms with Crippen molar-refractivity contribution in [1.29, 1.82) is 0 Å². The van der Waals surface area contributed by atoms with E-state index in [2.05, 4.69) is 220 Å². The van der Waals surface area contributed by atoms with Gasteiger partial charge in [0.25, 0.3) is 0 Å². The van der Waals surface area contributed by atoms with Crippen molar-refractivity contribution in [2.24, 2.45) is 0 Å². The second-order valence-electron chi connectivity index (χ2n) is 16.5. The predicted octanol–water partition coefficient (Wildman–Crippen LogP) is 14.9. The van der Waals surface area contributed by atoms with E-state index in [-0.39, 0.29) is 0 Å². The van der Waals surface area contributed by atoms with Gasteiger partial charge in [-0.3, -0.25) is 4.98 Å². The molecule has 14 aromatic rings. The van der Waals surface area contributed by atoms with Crippen LogP contribution in [0.5, 0.6) is 0 Å². The van der Waals surface area contributed by atoms with Crippen molar-refractivity contribution in [3.05, 3.63) is 212 Å². The molecule has 10 aromatic carbocycles. The number of benzene rings is 10. The van der Waals surface area contributed by atoms with Gasteiger partial charge in [0.2, 0.25) is 0 Å². The molecular formula is C58H35N5. The Labute approximate surface area is 360 Å². The van der Waals surface area contributed by atoms with Crippen molar-refractivity contribution < 1.29 is 0 Å². The summed E-state index contributed by atoms with van der Waals surface area (Å²) < 4.78 is 7.25. The van der Waals surface area contributed by atoms with Crippen LogP contribution in [0.1, 0.15) is 0 Å². The van der Waals surface area contributed by atoms with E-state index < -0.39 is 0 Å². The number of hydrogen-bond donors (Lipinski definition) is 0. The molecule has 14 rings (SSSR count). The maximum atomic E-state index is 5.35. The van der Waals surface area contributed by atoms with Gasteiger partial charge in [0.15, 0.2) is 0 Å². The van der Waals surface area contributed by atoms with E-state index >= 15 is 0 Å². The lowest BCUT2D eigenvalue weighted by Gasteiger charge is -2.12. The summed E-state index contributed by atoms with van der Waals surface area (Å²) in [6.45, 7) is 0. The van der Waals surface area contributed by atoms with Gasteiger partial charge < -0.3 is 13.7 Å². The Balaban J connectivity index is 0.982. The minimum Gasteiger partial charge on any atom is -0.309 e. The molecule has 63 heavy (non-hydrogen) atoms.